The molecule has 0 atom stereocenters. The highest BCUT2D eigenvalue weighted by molar-refractivity contribution is 6.31. The van der Waals surface area contributed by atoms with Gasteiger partial charge in [-0.1, -0.05) is 23.7 Å². The molecule has 0 N–H and O–H groups in total. The lowest BCUT2D eigenvalue weighted by atomic mass is 10.0. The van der Waals surface area contributed by atoms with Gasteiger partial charge >= 0.3 is 6.18 Å². The van der Waals surface area contributed by atoms with E-state index in [1.807, 2.05) is 0 Å². The van der Waals surface area contributed by atoms with E-state index in [0.29, 0.717) is 12.1 Å². The summed E-state index contributed by atoms with van der Waals surface area (Å²) in [5.74, 6) is -3.36. The summed E-state index contributed by atoms with van der Waals surface area (Å²) < 4.78 is 82.8. The molecule has 0 unspecified atom stereocenters. The molecule has 0 bridgehead atoms. The highest BCUT2D eigenvalue weighted by Gasteiger charge is 2.35. The molecule has 1 heterocycles. The van der Waals surface area contributed by atoms with Gasteiger partial charge in [0.05, 0.1) is 17.6 Å². The van der Waals surface area contributed by atoms with Gasteiger partial charge in [-0.05, 0) is 36.4 Å². The molecule has 3 aromatic carbocycles. The van der Waals surface area contributed by atoms with Crippen LogP contribution in [0.15, 0.2) is 59.4 Å². The van der Waals surface area contributed by atoms with Crippen LogP contribution in [-0.4, -0.2) is 9.78 Å². The summed E-state index contributed by atoms with van der Waals surface area (Å²) >= 11 is 6.00. The number of rotatable bonds is 3. The summed E-state index contributed by atoms with van der Waals surface area (Å²) in [6.45, 7) is -0.323. The molecule has 3 nitrogen and oxygen atoms in total. The summed E-state index contributed by atoms with van der Waals surface area (Å²) in [5, 5.41) is 4.23. The zero-order valence-corrected chi connectivity index (χ0v) is 16.6. The van der Waals surface area contributed by atoms with Crippen LogP contribution in [0.5, 0.6) is 0 Å². The van der Waals surface area contributed by atoms with Crippen LogP contribution in [0.25, 0.3) is 22.2 Å². The third kappa shape index (κ3) is 3.95. The van der Waals surface area contributed by atoms with E-state index in [9.17, 15) is 31.1 Å². The fourth-order valence-corrected chi connectivity index (χ4v) is 3.47. The van der Waals surface area contributed by atoms with Crippen molar-refractivity contribution in [3.63, 3.8) is 0 Å². The fraction of sp³-hybridized carbons (Fsp3) is 0.0909. The lowest BCUT2D eigenvalue weighted by Crippen LogP contribution is -2.19. The van der Waals surface area contributed by atoms with Gasteiger partial charge in [0.15, 0.2) is 0 Å². The predicted octanol–water partition coefficient (Wildman–Crippen LogP) is 6.20. The Hall–Kier alpha value is -3.33. The van der Waals surface area contributed by atoms with Gasteiger partial charge in [-0.25, -0.2) is 13.2 Å². The third-order valence-corrected chi connectivity index (χ3v) is 5.05. The molecule has 164 valence electrons. The van der Waals surface area contributed by atoms with Gasteiger partial charge in [-0.2, -0.15) is 18.3 Å². The Bertz CT molecular complexity index is 1410. The van der Waals surface area contributed by atoms with Crippen LogP contribution in [0.3, 0.4) is 0 Å². The Balaban J connectivity index is 1.99. The number of alkyl halides is 3. The van der Waals surface area contributed by atoms with Crippen LogP contribution in [0.1, 0.15) is 11.1 Å². The molecule has 0 saturated carbocycles. The number of halogens is 7. The van der Waals surface area contributed by atoms with Crippen LogP contribution >= 0.6 is 11.6 Å². The Morgan fingerprint density at radius 3 is 2.41 bits per heavy atom. The number of hydrogen-bond acceptors (Lipinski definition) is 2. The van der Waals surface area contributed by atoms with E-state index in [0.717, 1.165) is 28.9 Å². The normalized spacial score (nSPS) is 11.8. The largest absolute Gasteiger partial charge is 0.419 e. The molecule has 0 aliphatic carbocycles. The SMILES string of the molecule is O=c1c(-c2cccc(C(F)(F)F)c2F)nn(Cc2ccc(F)cc2F)c2cc(Cl)ccc12. The first-order valence-corrected chi connectivity index (χ1v) is 9.44. The zero-order chi connectivity index (χ0) is 23.2. The number of benzene rings is 3. The van der Waals surface area contributed by atoms with Crippen molar-refractivity contribution >= 4 is 22.5 Å². The van der Waals surface area contributed by atoms with Gasteiger partial charge < -0.3 is 0 Å². The Morgan fingerprint density at radius 1 is 0.969 bits per heavy atom. The summed E-state index contributed by atoms with van der Waals surface area (Å²) in [4.78, 5) is 13.0. The standard InChI is InChI=1S/C22H11ClF6N2O/c23-12-5-7-14-18(8-12)31(10-11-4-6-13(24)9-17(11)25)30-20(21(14)32)15-2-1-3-16(19(15)26)22(27,28)29/h1-9H,10H2. The van der Waals surface area contributed by atoms with Crippen molar-refractivity contribution in [2.75, 3.05) is 0 Å². The lowest BCUT2D eigenvalue weighted by molar-refractivity contribution is -0.139. The Kier molecular flexibility index (Phi) is 5.46. The van der Waals surface area contributed by atoms with E-state index in [4.69, 9.17) is 11.6 Å². The fourth-order valence-electron chi connectivity index (χ4n) is 3.30. The van der Waals surface area contributed by atoms with Gasteiger partial charge in [-0.15, -0.1) is 0 Å². The van der Waals surface area contributed by atoms with E-state index in [-0.39, 0.29) is 28.0 Å². The van der Waals surface area contributed by atoms with Crippen LogP contribution in [0.2, 0.25) is 5.02 Å². The number of nitrogens with zero attached hydrogens (tertiary/aromatic N) is 2. The van der Waals surface area contributed by atoms with E-state index >= 15 is 0 Å². The van der Waals surface area contributed by atoms with Gasteiger partial charge in [-0.3, -0.25) is 9.48 Å². The first-order valence-electron chi connectivity index (χ1n) is 9.06. The molecule has 4 aromatic rings. The molecule has 10 heteroatoms. The van der Waals surface area contributed by atoms with E-state index in [2.05, 4.69) is 5.10 Å². The molecule has 0 fully saturated rings. The first kappa shape index (κ1) is 21.9. The Labute approximate surface area is 181 Å². The average molecular weight is 469 g/mol. The van der Waals surface area contributed by atoms with E-state index in [1.54, 1.807) is 0 Å². The monoisotopic (exact) mass is 468 g/mol. The van der Waals surface area contributed by atoms with Crippen molar-refractivity contribution in [2.24, 2.45) is 0 Å². The lowest BCUT2D eigenvalue weighted by Gasteiger charge is -2.15. The van der Waals surface area contributed by atoms with Crippen LogP contribution in [0.4, 0.5) is 26.3 Å². The molecule has 1 aromatic heterocycles. The molecule has 0 saturated heterocycles. The topological polar surface area (TPSA) is 34.9 Å². The molecule has 4 rings (SSSR count). The van der Waals surface area contributed by atoms with Crippen molar-refractivity contribution in [1.29, 1.82) is 0 Å². The number of hydrogen-bond donors (Lipinski definition) is 0. The maximum atomic E-state index is 14.7. The smallest absolute Gasteiger partial charge is 0.287 e. The highest BCUT2D eigenvalue weighted by Crippen LogP contribution is 2.34. The molecule has 0 aliphatic heterocycles. The van der Waals surface area contributed by atoms with Crippen molar-refractivity contribution in [3.05, 3.63) is 98.4 Å². The summed E-state index contributed by atoms with van der Waals surface area (Å²) in [6.07, 6.45) is -4.99. The maximum Gasteiger partial charge on any atom is 0.419 e. The van der Waals surface area contributed by atoms with Gasteiger partial charge in [0, 0.05) is 27.6 Å². The molecule has 0 aliphatic rings. The van der Waals surface area contributed by atoms with Gasteiger partial charge in [0.25, 0.3) is 0 Å². The number of aromatic nitrogens is 2. The Morgan fingerprint density at radius 2 is 1.72 bits per heavy atom. The first-order chi connectivity index (χ1) is 15.1. The summed E-state index contributed by atoms with van der Waals surface area (Å²) in [5.41, 5.74) is -3.50. The van der Waals surface area contributed by atoms with E-state index in [1.165, 1.54) is 18.2 Å². The van der Waals surface area contributed by atoms with Crippen LogP contribution in [-0.2, 0) is 12.7 Å². The molecular weight excluding hydrogens is 458 g/mol. The van der Waals surface area contributed by atoms with Gasteiger partial charge in [0.1, 0.15) is 23.1 Å². The van der Waals surface area contributed by atoms with Crippen molar-refractivity contribution in [3.8, 4) is 11.3 Å². The highest BCUT2D eigenvalue weighted by atomic mass is 35.5. The second-order valence-corrected chi connectivity index (χ2v) is 7.33. The molecule has 0 radical (unpaired) electrons. The summed E-state index contributed by atoms with van der Waals surface area (Å²) in [6, 6.07) is 9.38. The summed E-state index contributed by atoms with van der Waals surface area (Å²) in [7, 11) is 0. The minimum Gasteiger partial charge on any atom is -0.287 e. The predicted molar refractivity (Wildman–Crippen MR) is 107 cm³/mol. The van der Waals surface area contributed by atoms with E-state index < -0.39 is 45.9 Å². The number of fused-ring (bicyclic) bond motifs is 1. The minimum atomic E-state index is -4.99. The second kappa shape index (κ2) is 7.98. The van der Waals surface area contributed by atoms with Gasteiger partial charge in [0.2, 0.25) is 5.43 Å². The minimum absolute atomic E-state index is 0.0145. The molecule has 0 amide bonds. The van der Waals surface area contributed by atoms with Crippen LogP contribution < -0.4 is 5.43 Å². The van der Waals surface area contributed by atoms with Crippen molar-refractivity contribution in [2.45, 2.75) is 12.7 Å². The third-order valence-electron chi connectivity index (χ3n) is 4.81. The zero-order valence-electron chi connectivity index (χ0n) is 15.9. The quantitative estimate of drug-likeness (QED) is 0.335. The molecule has 32 heavy (non-hydrogen) atoms. The molecular formula is C22H11ClF6N2O. The second-order valence-electron chi connectivity index (χ2n) is 6.90. The maximum absolute atomic E-state index is 14.7. The van der Waals surface area contributed by atoms with Crippen molar-refractivity contribution in [1.82, 2.24) is 9.78 Å². The average Bonchev–Trinajstić information content (AvgIpc) is 2.71. The molecule has 0 spiro atoms. The van der Waals surface area contributed by atoms with Crippen molar-refractivity contribution < 1.29 is 26.3 Å². The van der Waals surface area contributed by atoms with Crippen LogP contribution in [0, 0.1) is 17.5 Å².